The van der Waals surface area contributed by atoms with E-state index in [2.05, 4.69) is 10.9 Å². The fourth-order valence-corrected chi connectivity index (χ4v) is 4.73. The zero-order chi connectivity index (χ0) is 22.8. The Labute approximate surface area is 179 Å². The van der Waals surface area contributed by atoms with E-state index in [9.17, 15) is 22.4 Å². The van der Waals surface area contributed by atoms with Gasteiger partial charge in [0.15, 0.2) is 5.76 Å². The van der Waals surface area contributed by atoms with E-state index in [0.717, 1.165) is 27.9 Å². The van der Waals surface area contributed by atoms with Gasteiger partial charge in [0.25, 0.3) is 5.91 Å². The largest absolute Gasteiger partial charge is 0.451 e. The van der Waals surface area contributed by atoms with Gasteiger partial charge in [-0.1, -0.05) is 32.0 Å². The number of halogens is 1. The zero-order valence-electron chi connectivity index (χ0n) is 17.2. The van der Waals surface area contributed by atoms with E-state index in [4.69, 9.17) is 4.42 Å². The fraction of sp³-hybridized carbons (Fsp3) is 0.238. The van der Waals surface area contributed by atoms with Crippen LogP contribution in [0.2, 0.25) is 0 Å². The number of hydrogen-bond donors (Lipinski definition) is 2. The van der Waals surface area contributed by atoms with Crippen molar-refractivity contribution < 1.29 is 26.8 Å². The van der Waals surface area contributed by atoms with Gasteiger partial charge in [0, 0.05) is 29.6 Å². The average Bonchev–Trinajstić information content (AvgIpc) is 3.09. The lowest BCUT2D eigenvalue weighted by Crippen LogP contribution is -2.41. The van der Waals surface area contributed by atoms with Gasteiger partial charge in [-0.3, -0.25) is 20.4 Å². The van der Waals surface area contributed by atoms with Crippen LogP contribution in [0.3, 0.4) is 0 Å². The van der Waals surface area contributed by atoms with Gasteiger partial charge in [0.2, 0.25) is 10.0 Å². The molecule has 2 N–H and O–H groups in total. The minimum absolute atomic E-state index is 0.0328. The molecule has 3 aromatic rings. The molecule has 164 valence electrons. The normalized spacial score (nSPS) is 11.6. The number of furan rings is 1. The summed E-state index contributed by atoms with van der Waals surface area (Å²) in [5.74, 6) is -2.42. The third-order valence-corrected chi connectivity index (χ3v) is 6.92. The lowest BCUT2D eigenvalue weighted by molar-refractivity contribution is 0.0831. The monoisotopic (exact) mass is 447 g/mol. The molecule has 0 saturated heterocycles. The molecule has 10 heteroatoms. The number of hydrogen-bond acceptors (Lipinski definition) is 5. The number of para-hydroxylation sites is 1. The van der Waals surface area contributed by atoms with E-state index in [1.807, 2.05) is 6.07 Å². The number of hydrazine groups is 1. The Morgan fingerprint density at radius 1 is 1.03 bits per heavy atom. The second-order valence-electron chi connectivity index (χ2n) is 6.70. The molecular formula is C21H22FN3O5S. The van der Waals surface area contributed by atoms with Crippen LogP contribution in [0.4, 0.5) is 4.39 Å². The fourth-order valence-electron chi connectivity index (χ4n) is 3.18. The molecule has 0 unspecified atom stereocenters. The van der Waals surface area contributed by atoms with Gasteiger partial charge in [-0.15, -0.1) is 0 Å². The van der Waals surface area contributed by atoms with Crippen molar-refractivity contribution in [2.45, 2.75) is 25.7 Å². The number of sulfonamides is 1. The van der Waals surface area contributed by atoms with Crippen molar-refractivity contribution in [1.29, 1.82) is 0 Å². The predicted octanol–water partition coefficient (Wildman–Crippen LogP) is 2.99. The highest BCUT2D eigenvalue weighted by atomic mass is 32.2. The number of benzene rings is 2. The molecule has 3 rings (SSSR count). The molecule has 0 atom stereocenters. The molecule has 0 aliphatic rings. The van der Waals surface area contributed by atoms with Crippen LogP contribution in [0.25, 0.3) is 11.0 Å². The number of amides is 2. The third-order valence-electron chi connectivity index (χ3n) is 4.86. The summed E-state index contributed by atoms with van der Waals surface area (Å²) in [5.41, 5.74) is 5.43. The van der Waals surface area contributed by atoms with E-state index < -0.39 is 32.6 Å². The van der Waals surface area contributed by atoms with Crippen molar-refractivity contribution in [3.05, 3.63) is 65.2 Å². The molecule has 0 spiro atoms. The molecule has 2 aromatic carbocycles. The van der Waals surface area contributed by atoms with Crippen LogP contribution in [0, 0.1) is 12.7 Å². The first-order valence-electron chi connectivity index (χ1n) is 9.59. The lowest BCUT2D eigenvalue weighted by atomic mass is 10.1. The van der Waals surface area contributed by atoms with E-state index in [1.165, 1.54) is 0 Å². The summed E-state index contributed by atoms with van der Waals surface area (Å²) in [6, 6.07) is 10.1. The summed E-state index contributed by atoms with van der Waals surface area (Å²) in [6.45, 7) is 5.28. The molecular weight excluding hydrogens is 425 g/mol. The number of aryl methyl sites for hydroxylation is 1. The van der Waals surface area contributed by atoms with Crippen molar-refractivity contribution in [3.8, 4) is 0 Å². The van der Waals surface area contributed by atoms with Crippen molar-refractivity contribution in [2.24, 2.45) is 0 Å². The summed E-state index contributed by atoms with van der Waals surface area (Å²) in [4.78, 5) is 24.3. The number of carbonyl (C=O) groups is 2. The quantitative estimate of drug-likeness (QED) is 0.565. The van der Waals surface area contributed by atoms with E-state index in [1.54, 1.807) is 39.0 Å². The summed E-state index contributed by atoms with van der Waals surface area (Å²) in [5, 5.41) is 0.767. The topological polar surface area (TPSA) is 109 Å². The predicted molar refractivity (Wildman–Crippen MR) is 112 cm³/mol. The highest BCUT2D eigenvalue weighted by Gasteiger charge is 2.26. The number of fused-ring (bicyclic) bond motifs is 1. The Hall–Kier alpha value is -3.24. The number of nitrogens with one attached hydrogen (secondary N) is 2. The SMILES string of the molecule is CCN(CC)S(=O)(=O)c1cc(C(=O)NNC(=O)c2oc3ccccc3c2C)ccc1F. The molecule has 0 bridgehead atoms. The second-order valence-corrected chi connectivity index (χ2v) is 8.60. The highest BCUT2D eigenvalue weighted by Crippen LogP contribution is 2.25. The first-order valence-corrected chi connectivity index (χ1v) is 11.0. The molecule has 1 aromatic heterocycles. The molecule has 0 aliphatic heterocycles. The molecule has 0 radical (unpaired) electrons. The molecule has 8 nitrogen and oxygen atoms in total. The van der Waals surface area contributed by atoms with Gasteiger partial charge in [0.1, 0.15) is 16.3 Å². The van der Waals surface area contributed by atoms with Gasteiger partial charge in [-0.05, 0) is 31.2 Å². The van der Waals surface area contributed by atoms with Gasteiger partial charge in [-0.2, -0.15) is 4.31 Å². The van der Waals surface area contributed by atoms with Crippen LogP contribution in [-0.2, 0) is 10.0 Å². The lowest BCUT2D eigenvalue weighted by Gasteiger charge is -2.19. The molecule has 2 amide bonds. The summed E-state index contributed by atoms with van der Waals surface area (Å²) < 4.78 is 46.1. The van der Waals surface area contributed by atoms with Gasteiger partial charge in [0.05, 0.1) is 0 Å². The van der Waals surface area contributed by atoms with Gasteiger partial charge in [-0.25, -0.2) is 12.8 Å². The maximum absolute atomic E-state index is 14.2. The van der Waals surface area contributed by atoms with Crippen molar-refractivity contribution in [3.63, 3.8) is 0 Å². The van der Waals surface area contributed by atoms with Gasteiger partial charge < -0.3 is 4.42 Å². The van der Waals surface area contributed by atoms with Crippen LogP contribution >= 0.6 is 0 Å². The van der Waals surface area contributed by atoms with Crippen LogP contribution in [0.1, 0.15) is 40.3 Å². The Morgan fingerprint density at radius 2 is 1.68 bits per heavy atom. The smallest absolute Gasteiger partial charge is 0.305 e. The Balaban J connectivity index is 1.79. The number of rotatable bonds is 6. The minimum Gasteiger partial charge on any atom is -0.451 e. The molecule has 1 heterocycles. The van der Waals surface area contributed by atoms with Crippen LogP contribution in [0.5, 0.6) is 0 Å². The van der Waals surface area contributed by atoms with Crippen LogP contribution < -0.4 is 10.9 Å². The zero-order valence-corrected chi connectivity index (χ0v) is 18.0. The van der Waals surface area contributed by atoms with E-state index in [-0.39, 0.29) is 24.4 Å². The third kappa shape index (κ3) is 4.30. The number of nitrogens with zero attached hydrogens (tertiary/aromatic N) is 1. The average molecular weight is 447 g/mol. The maximum Gasteiger partial charge on any atom is 0.305 e. The van der Waals surface area contributed by atoms with E-state index >= 15 is 0 Å². The first kappa shape index (κ1) is 22.4. The summed E-state index contributed by atoms with van der Waals surface area (Å²) in [7, 11) is -4.11. The highest BCUT2D eigenvalue weighted by molar-refractivity contribution is 7.89. The first-order chi connectivity index (χ1) is 14.7. The molecule has 0 saturated carbocycles. The standard InChI is InChI=1S/C21H22FN3O5S/c1-4-25(5-2)31(28,29)18-12-14(10-11-16(18)22)20(26)23-24-21(27)19-13(3)15-8-6-7-9-17(15)30-19/h6-12H,4-5H2,1-3H3,(H,23,26)(H,24,27). The maximum atomic E-state index is 14.2. The van der Waals surface area contributed by atoms with Crippen molar-refractivity contribution in [1.82, 2.24) is 15.2 Å². The van der Waals surface area contributed by atoms with Crippen molar-refractivity contribution in [2.75, 3.05) is 13.1 Å². The van der Waals surface area contributed by atoms with Crippen LogP contribution in [-0.4, -0.2) is 37.6 Å². The number of carbonyl (C=O) groups excluding carboxylic acids is 2. The molecule has 0 fully saturated rings. The summed E-state index contributed by atoms with van der Waals surface area (Å²) in [6.07, 6.45) is 0. The molecule has 31 heavy (non-hydrogen) atoms. The Kier molecular flexibility index (Phi) is 6.42. The van der Waals surface area contributed by atoms with Gasteiger partial charge >= 0.3 is 5.91 Å². The summed E-state index contributed by atoms with van der Waals surface area (Å²) >= 11 is 0. The Morgan fingerprint density at radius 3 is 2.32 bits per heavy atom. The van der Waals surface area contributed by atoms with Crippen LogP contribution in [0.15, 0.2) is 51.8 Å². The Bertz CT molecular complexity index is 1250. The van der Waals surface area contributed by atoms with E-state index in [0.29, 0.717) is 11.1 Å². The molecule has 0 aliphatic carbocycles. The minimum atomic E-state index is -4.11. The van der Waals surface area contributed by atoms with Crippen molar-refractivity contribution >= 4 is 32.8 Å². The second kappa shape index (κ2) is 8.86.